The molecule has 1 fully saturated rings. The van der Waals surface area contributed by atoms with Crippen LogP contribution in [-0.2, 0) is 78.1 Å². The van der Waals surface area contributed by atoms with Crippen molar-refractivity contribution in [3.63, 3.8) is 0 Å². The Morgan fingerprint density at radius 1 is 0.479 bits per heavy atom. The van der Waals surface area contributed by atoms with Crippen LogP contribution in [0.4, 0.5) is 24.0 Å². The van der Waals surface area contributed by atoms with Crippen LogP contribution in [0.1, 0.15) is 228 Å². The maximum absolute atomic E-state index is 15.4. The van der Waals surface area contributed by atoms with Crippen molar-refractivity contribution in [2.24, 2.45) is 11.7 Å². The first-order valence-corrected chi connectivity index (χ1v) is 41.5. The molecule has 1 aliphatic heterocycles. The minimum atomic E-state index is -2.04. The van der Waals surface area contributed by atoms with Gasteiger partial charge in [0, 0.05) is 32.7 Å². The van der Waals surface area contributed by atoms with Crippen molar-refractivity contribution < 1.29 is 111 Å². The minimum Gasteiger partial charge on any atom is -0.444 e. The van der Waals surface area contributed by atoms with E-state index >= 15 is 14.4 Å². The molecule has 40 heteroatoms. The Morgan fingerprint density at radius 3 is 1.36 bits per heavy atom. The number of unbranched alkanes of at least 4 members (excludes halogenated alkanes) is 5. The van der Waals surface area contributed by atoms with Crippen LogP contribution in [0.15, 0.2) is 30.3 Å². The topological polar surface area (TPSA) is 581 Å². The first kappa shape index (κ1) is 107. The minimum absolute atomic E-state index is 0.0697. The van der Waals surface area contributed by atoms with Gasteiger partial charge in [0.1, 0.15) is 82.6 Å². The zero-order chi connectivity index (χ0) is 91.9. The normalized spacial score (nSPS) is 20.6. The van der Waals surface area contributed by atoms with E-state index in [1.54, 1.807) is 127 Å². The van der Waals surface area contributed by atoms with Crippen molar-refractivity contribution in [2.75, 3.05) is 39.3 Å². The number of rotatable bonds is 35. The summed E-state index contributed by atoms with van der Waals surface area (Å²) in [6.07, 6.45) is -7.39. The van der Waals surface area contributed by atoms with Gasteiger partial charge in [0.2, 0.25) is 59.1 Å². The fraction of sp³-hybridized carbons (Fsp3) is 0.741. The second-order valence-electron chi connectivity index (χ2n) is 35.4. The van der Waals surface area contributed by atoms with Crippen LogP contribution >= 0.6 is 0 Å². The van der Waals surface area contributed by atoms with Crippen LogP contribution in [0.5, 0.6) is 0 Å². The van der Waals surface area contributed by atoms with Gasteiger partial charge in [-0.1, -0.05) is 89.6 Å². The summed E-state index contributed by atoms with van der Waals surface area (Å²) in [6, 6.07) is -10.3. The van der Waals surface area contributed by atoms with Crippen molar-refractivity contribution in [3.8, 4) is 0 Å². The molecule has 1 saturated heterocycles. The van der Waals surface area contributed by atoms with Gasteiger partial charge in [0.15, 0.2) is 0 Å². The largest absolute Gasteiger partial charge is 0.444 e. The number of nitrogens with one attached hydrogen (secondary N) is 16. The lowest BCUT2D eigenvalue weighted by atomic mass is 9.99. The van der Waals surface area contributed by atoms with Gasteiger partial charge in [-0.3, -0.25) is 53.3 Å². The number of aliphatic hydroxyl groups is 3. The number of hydrogen-bond acceptors (Lipinski definition) is 25. The molecule has 2 rings (SSSR count). The quantitative estimate of drug-likeness (QED) is 0.0338. The molecule has 121 heavy (non-hydrogen) atoms. The van der Waals surface area contributed by atoms with Crippen LogP contribution in [-0.4, -0.2) is 257 Å². The van der Waals surface area contributed by atoms with Crippen LogP contribution in [0.2, 0.25) is 0 Å². The maximum atomic E-state index is 15.4. The number of amides is 15. The first-order chi connectivity index (χ1) is 56.1. The van der Waals surface area contributed by atoms with E-state index < -0.39 is 241 Å². The Morgan fingerprint density at radius 2 is 0.901 bits per heavy atom. The van der Waals surface area contributed by atoms with Gasteiger partial charge < -0.3 is 124 Å². The van der Waals surface area contributed by atoms with Crippen molar-refractivity contribution in [3.05, 3.63) is 35.9 Å². The van der Waals surface area contributed by atoms with E-state index in [4.69, 9.17) is 29.4 Å². The summed E-state index contributed by atoms with van der Waals surface area (Å²) in [7, 11) is 0. The summed E-state index contributed by atoms with van der Waals surface area (Å²) < 4.78 is 27.0. The fourth-order valence-electron chi connectivity index (χ4n) is 11.7. The predicted molar refractivity (Wildman–Crippen MR) is 447 cm³/mol. The van der Waals surface area contributed by atoms with Gasteiger partial charge in [0.05, 0.1) is 36.9 Å². The number of aliphatic hydroxyl groups excluding tert-OH is 3. The van der Waals surface area contributed by atoms with E-state index in [-0.39, 0.29) is 57.7 Å². The molecule has 21 N–H and O–H groups in total. The number of hydrogen-bond donors (Lipinski definition) is 20. The smallest absolute Gasteiger partial charge is 0.407 e. The molecule has 1 heterocycles. The first-order valence-electron chi connectivity index (χ1n) is 41.5. The highest BCUT2D eigenvalue weighted by Gasteiger charge is 2.40. The van der Waals surface area contributed by atoms with Crippen molar-refractivity contribution >= 4 is 89.5 Å². The van der Waals surface area contributed by atoms with Crippen molar-refractivity contribution in [1.82, 2.24) is 85.1 Å². The van der Waals surface area contributed by atoms with Crippen molar-refractivity contribution in [2.45, 2.75) is 341 Å². The highest BCUT2D eigenvalue weighted by atomic mass is 16.6. The highest BCUT2D eigenvalue weighted by Crippen LogP contribution is 2.17. The molecule has 0 saturated carbocycles. The Hall–Kier alpha value is -9.93. The van der Waals surface area contributed by atoms with Gasteiger partial charge in [-0.15, -0.1) is 0 Å². The van der Waals surface area contributed by atoms with Crippen LogP contribution in [0, 0.1) is 5.92 Å². The van der Waals surface area contributed by atoms with Crippen LogP contribution in [0.3, 0.4) is 0 Å². The van der Waals surface area contributed by atoms with Gasteiger partial charge in [-0.05, 0) is 181 Å². The standard InChI is InChI=1S/C81H141N17O23/c1-21-22-23-24-25-29-32-50(82)61(101)89-54(36-41-86-74(114)119-79(12,13)14)65(105)98-60(48(5)100)71(111)96-58(45-88-76(116)121-81(18,19)20)69(109)93-51-33-38-83-70(110)59(47(4)99)97-66(106)55(37-42-87-75(115)120-80(15,16)17)91-63(103)52(34-39-84-72(112)117-77(6,7)8)92-67(107)56(43-46(2)3)94-68(108)57(44-49-30-27-26-28-31-49)95-64(104)53(90-62(51)102)35-40-85-73(113)118-78(9,10)11/h26-28,30-31,46-48,50-60,68,94,99-100,108H,21-25,29,32-45,82H2,1-20H3,(H,83,110)(H,84,112)(H,85,113)(H,86,114)(H,87,115)(H,88,116)(H,89,101)(H,90,102)(H,91,103)(H,92,107)(H,93,109)(H,95,104)(H,96,111)(H,97,106)(H,98,105)/t47-,48-,50+,51+,52+,53+,54+,55+,56+,57-,58+,59+,60+,68?/m1/s1. The average Bonchev–Trinajstić information content (AvgIpc) is 1.25. The number of alkyl carbamates (subject to hydrolysis) is 5. The number of carbonyl (C=O) groups excluding carboxylic acids is 15. The fourth-order valence-corrected chi connectivity index (χ4v) is 11.7. The van der Waals surface area contributed by atoms with E-state index in [9.17, 15) is 72.9 Å². The number of nitrogens with two attached hydrogens (primary N) is 1. The van der Waals surface area contributed by atoms with E-state index in [0.29, 0.717) is 12.0 Å². The monoisotopic (exact) mass is 1720 g/mol. The molecule has 1 aromatic carbocycles. The third-order valence-corrected chi connectivity index (χ3v) is 17.5. The molecule has 40 nitrogen and oxygen atoms in total. The van der Waals surface area contributed by atoms with E-state index in [2.05, 4.69) is 92.0 Å². The third-order valence-electron chi connectivity index (χ3n) is 17.5. The predicted octanol–water partition coefficient (Wildman–Crippen LogP) is 1.46. The molecular weight excluding hydrogens is 1580 g/mol. The second kappa shape index (κ2) is 51.7. The second-order valence-corrected chi connectivity index (χ2v) is 35.4. The number of ether oxygens (including phenoxy) is 5. The average molecular weight is 1720 g/mol. The van der Waals surface area contributed by atoms with E-state index in [1.165, 1.54) is 20.8 Å². The molecule has 14 atom stereocenters. The maximum Gasteiger partial charge on any atom is 0.407 e. The lowest BCUT2D eigenvalue weighted by Crippen LogP contribution is -2.63. The summed E-state index contributed by atoms with van der Waals surface area (Å²) in [4.78, 5) is 213. The zero-order valence-electron chi connectivity index (χ0n) is 74.3. The van der Waals surface area contributed by atoms with Gasteiger partial charge in [0.25, 0.3) is 0 Å². The molecule has 1 aliphatic rings. The third kappa shape index (κ3) is 46.6. The molecule has 15 amide bonds. The molecule has 0 radical (unpaired) electrons. The Kier molecular flexibility index (Phi) is 45.8. The lowest BCUT2D eigenvalue weighted by molar-refractivity contribution is -0.136. The lowest BCUT2D eigenvalue weighted by Gasteiger charge is -2.32. The molecule has 0 spiro atoms. The number of carbonyl (C=O) groups is 15. The summed E-state index contributed by atoms with van der Waals surface area (Å²) in [5.41, 5.74) is 1.77. The molecule has 1 aromatic rings. The number of benzene rings is 1. The molecule has 0 bridgehead atoms. The van der Waals surface area contributed by atoms with Gasteiger partial charge in [-0.2, -0.15) is 0 Å². The Balaban J connectivity index is 3.10. The summed E-state index contributed by atoms with van der Waals surface area (Å²) >= 11 is 0. The van der Waals surface area contributed by atoms with Gasteiger partial charge in [-0.25, -0.2) is 24.0 Å². The van der Waals surface area contributed by atoms with Crippen molar-refractivity contribution in [1.29, 1.82) is 0 Å². The van der Waals surface area contributed by atoms with Crippen LogP contribution < -0.4 is 90.8 Å². The summed E-state index contributed by atoms with van der Waals surface area (Å²) in [5.74, 6) is -11.4. The summed E-state index contributed by atoms with van der Waals surface area (Å²) in [6.45, 7) is 28.6. The molecular formula is C81H141N17O23. The van der Waals surface area contributed by atoms with E-state index in [0.717, 1.165) is 46.0 Å². The van der Waals surface area contributed by atoms with Crippen LogP contribution in [0.25, 0.3) is 0 Å². The van der Waals surface area contributed by atoms with Gasteiger partial charge >= 0.3 is 30.5 Å². The molecule has 1 unspecified atom stereocenters. The van der Waals surface area contributed by atoms with E-state index in [1.807, 2.05) is 0 Å². The SMILES string of the molecule is CCCCCCCC[C@H](N)C(=O)N[C@@H](CCNC(=O)OC(C)(C)C)C(=O)N[C@H](C(=O)N[C@@H](CNC(=O)OC(C)(C)C)C(=O)N[C@H]1CCNC(=O)[C@H]([C@@H](C)O)NC(=O)[C@H](CCNC(=O)OC(C)(C)C)NC(=O)[C@H](CCNC(=O)OC(C)(C)C)NC(=O)[C@H](CC(C)C)NC(O)[C@@H](Cc2ccccc2)NC(=O)[C@H](CCNC(=O)OC(C)(C)C)NC1=O)[C@@H](C)O. The highest BCUT2D eigenvalue weighted by molar-refractivity contribution is 5.98. The molecule has 688 valence electrons. The zero-order valence-corrected chi connectivity index (χ0v) is 74.3. The molecule has 0 aliphatic carbocycles. The molecule has 0 aromatic heterocycles. The summed E-state index contributed by atoms with van der Waals surface area (Å²) in [5, 5.41) is 75.7. The Bertz CT molecular complexity index is 3520. The Labute approximate surface area is 710 Å².